The first-order chi connectivity index (χ1) is 9.20. The van der Waals surface area contributed by atoms with Crippen LogP contribution in [0.2, 0.25) is 0 Å². The Bertz CT molecular complexity index is 284. The Hall–Kier alpha value is -0.570. The molecule has 0 aromatic carbocycles. The zero-order valence-electron chi connectivity index (χ0n) is 12.6. The fourth-order valence-electron chi connectivity index (χ4n) is 3.63. The molecule has 19 heavy (non-hydrogen) atoms. The Labute approximate surface area is 117 Å². The van der Waals surface area contributed by atoms with E-state index in [2.05, 4.69) is 24.5 Å². The van der Waals surface area contributed by atoms with Crippen LogP contribution in [0.25, 0.3) is 0 Å². The van der Waals surface area contributed by atoms with Gasteiger partial charge in [0.25, 0.3) is 0 Å². The molecule has 3 heteroatoms. The van der Waals surface area contributed by atoms with Crippen LogP contribution in [0.1, 0.15) is 65.2 Å². The highest BCUT2D eigenvalue weighted by molar-refractivity contribution is 5.79. The second kappa shape index (κ2) is 7.28. The first kappa shape index (κ1) is 14.8. The van der Waals surface area contributed by atoms with Crippen LogP contribution in [-0.4, -0.2) is 24.5 Å². The average molecular weight is 266 g/mol. The highest BCUT2D eigenvalue weighted by Crippen LogP contribution is 2.31. The Morgan fingerprint density at radius 2 is 1.74 bits per heavy atom. The van der Waals surface area contributed by atoms with Crippen molar-refractivity contribution in [3.63, 3.8) is 0 Å². The third kappa shape index (κ3) is 4.20. The van der Waals surface area contributed by atoms with Crippen molar-refractivity contribution in [2.24, 2.45) is 11.8 Å². The van der Waals surface area contributed by atoms with Gasteiger partial charge >= 0.3 is 0 Å². The van der Waals surface area contributed by atoms with Crippen molar-refractivity contribution in [2.45, 2.75) is 77.3 Å². The van der Waals surface area contributed by atoms with E-state index in [1.54, 1.807) is 0 Å². The standard InChI is InChI=1S/C16H30N2O/c1-3-11-17-13-7-9-14(10-8-13)18-16(19)15-6-4-5-12(15)2/h12-15,17H,3-11H2,1-2H3,(H,18,19). The van der Waals surface area contributed by atoms with Gasteiger partial charge in [-0.05, 0) is 57.4 Å². The van der Waals surface area contributed by atoms with E-state index < -0.39 is 0 Å². The fraction of sp³-hybridized carbons (Fsp3) is 0.938. The minimum atomic E-state index is 0.288. The Morgan fingerprint density at radius 1 is 1.05 bits per heavy atom. The largest absolute Gasteiger partial charge is 0.353 e. The minimum absolute atomic E-state index is 0.288. The molecule has 3 nitrogen and oxygen atoms in total. The Kier molecular flexibility index (Phi) is 5.68. The van der Waals surface area contributed by atoms with E-state index in [1.165, 1.54) is 32.1 Å². The first-order valence-corrected chi connectivity index (χ1v) is 8.24. The van der Waals surface area contributed by atoms with E-state index in [0.29, 0.717) is 23.9 Å². The van der Waals surface area contributed by atoms with E-state index in [0.717, 1.165) is 25.8 Å². The molecule has 0 spiro atoms. The van der Waals surface area contributed by atoms with Crippen molar-refractivity contribution in [2.75, 3.05) is 6.54 Å². The maximum Gasteiger partial charge on any atom is 0.223 e. The molecule has 0 radical (unpaired) electrons. The smallest absolute Gasteiger partial charge is 0.223 e. The lowest BCUT2D eigenvalue weighted by Gasteiger charge is -2.30. The molecule has 0 aliphatic heterocycles. The number of carbonyl (C=O) groups is 1. The predicted octanol–water partition coefficient (Wildman–Crippen LogP) is 2.85. The molecule has 0 aromatic heterocycles. The van der Waals surface area contributed by atoms with Crippen molar-refractivity contribution >= 4 is 5.91 Å². The monoisotopic (exact) mass is 266 g/mol. The molecular weight excluding hydrogens is 236 g/mol. The molecule has 2 atom stereocenters. The molecule has 0 saturated heterocycles. The molecule has 2 N–H and O–H groups in total. The Morgan fingerprint density at radius 3 is 2.32 bits per heavy atom. The molecule has 2 aliphatic rings. The molecule has 0 bridgehead atoms. The van der Waals surface area contributed by atoms with Gasteiger partial charge in [-0.25, -0.2) is 0 Å². The summed E-state index contributed by atoms with van der Waals surface area (Å²) in [5, 5.41) is 6.90. The molecule has 2 fully saturated rings. The van der Waals surface area contributed by atoms with Gasteiger partial charge in [0, 0.05) is 18.0 Å². The maximum absolute atomic E-state index is 12.3. The van der Waals surface area contributed by atoms with Gasteiger partial charge in [-0.1, -0.05) is 20.3 Å². The van der Waals surface area contributed by atoms with E-state index in [4.69, 9.17) is 0 Å². The van der Waals surface area contributed by atoms with E-state index in [9.17, 15) is 4.79 Å². The average Bonchev–Trinajstić information content (AvgIpc) is 2.84. The van der Waals surface area contributed by atoms with Crippen LogP contribution in [-0.2, 0) is 4.79 Å². The topological polar surface area (TPSA) is 41.1 Å². The summed E-state index contributed by atoms with van der Waals surface area (Å²) in [5.41, 5.74) is 0. The number of amides is 1. The molecule has 2 rings (SSSR count). The molecule has 0 heterocycles. The predicted molar refractivity (Wildman–Crippen MR) is 79.0 cm³/mol. The van der Waals surface area contributed by atoms with Gasteiger partial charge in [0.2, 0.25) is 5.91 Å². The number of carbonyl (C=O) groups excluding carboxylic acids is 1. The molecule has 2 saturated carbocycles. The van der Waals surface area contributed by atoms with Gasteiger partial charge in [-0.15, -0.1) is 0 Å². The van der Waals surface area contributed by atoms with Gasteiger partial charge in [0.1, 0.15) is 0 Å². The van der Waals surface area contributed by atoms with Crippen LogP contribution in [0.4, 0.5) is 0 Å². The van der Waals surface area contributed by atoms with Gasteiger partial charge in [-0.2, -0.15) is 0 Å². The van der Waals surface area contributed by atoms with Crippen molar-refractivity contribution in [3.8, 4) is 0 Å². The third-order valence-electron chi connectivity index (χ3n) is 4.95. The summed E-state index contributed by atoms with van der Waals surface area (Å²) in [6, 6.07) is 1.11. The molecule has 0 aromatic rings. The van der Waals surface area contributed by atoms with Crippen molar-refractivity contribution in [1.29, 1.82) is 0 Å². The van der Waals surface area contributed by atoms with Gasteiger partial charge in [0.15, 0.2) is 0 Å². The molecular formula is C16H30N2O. The summed E-state index contributed by atoms with van der Waals surface area (Å²) in [4.78, 5) is 12.3. The van der Waals surface area contributed by atoms with E-state index in [-0.39, 0.29) is 5.92 Å². The van der Waals surface area contributed by atoms with Crippen molar-refractivity contribution in [3.05, 3.63) is 0 Å². The lowest BCUT2D eigenvalue weighted by Crippen LogP contribution is -2.44. The Balaban J connectivity index is 1.69. The third-order valence-corrected chi connectivity index (χ3v) is 4.95. The SMILES string of the molecule is CCCNC1CCC(NC(=O)C2CCCC2C)CC1. The number of rotatable bonds is 5. The normalized spacial score (nSPS) is 35.3. The fourth-order valence-corrected chi connectivity index (χ4v) is 3.63. The zero-order chi connectivity index (χ0) is 13.7. The van der Waals surface area contributed by atoms with Crippen LogP contribution < -0.4 is 10.6 Å². The molecule has 110 valence electrons. The first-order valence-electron chi connectivity index (χ1n) is 8.24. The molecule has 2 unspecified atom stereocenters. The summed E-state index contributed by atoms with van der Waals surface area (Å²) in [5.74, 6) is 1.20. The second-order valence-corrected chi connectivity index (χ2v) is 6.53. The minimum Gasteiger partial charge on any atom is -0.353 e. The lowest BCUT2D eigenvalue weighted by molar-refractivity contribution is -0.126. The summed E-state index contributed by atoms with van der Waals surface area (Å²) < 4.78 is 0. The quantitative estimate of drug-likeness (QED) is 0.803. The summed E-state index contributed by atoms with van der Waals surface area (Å²) >= 11 is 0. The summed E-state index contributed by atoms with van der Waals surface area (Å²) in [6.45, 7) is 5.56. The summed E-state index contributed by atoms with van der Waals surface area (Å²) in [7, 11) is 0. The van der Waals surface area contributed by atoms with Crippen molar-refractivity contribution < 1.29 is 4.79 Å². The van der Waals surface area contributed by atoms with Crippen LogP contribution in [0.5, 0.6) is 0 Å². The van der Waals surface area contributed by atoms with Crippen molar-refractivity contribution in [1.82, 2.24) is 10.6 Å². The summed E-state index contributed by atoms with van der Waals surface area (Å²) in [6.07, 6.45) is 9.48. The lowest BCUT2D eigenvalue weighted by atomic mass is 9.90. The van der Waals surface area contributed by atoms with E-state index in [1.807, 2.05) is 0 Å². The number of hydrogen-bond donors (Lipinski definition) is 2. The molecule has 2 aliphatic carbocycles. The zero-order valence-corrected chi connectivity index (χ0v) is 12.6. The van der Waals surface area contributed by atoms with Crippen LogP contribution in [0.15, 0.2) is 0 Å². The maximum atomic E-state index is 12.3. The van der Waals surface area contributed by atoms with Gasteiger partial charge < -0.3 is 10.6 Å². The highest BCUT2D eigenvalue weighted by Gasteiger charge is 2.31. The van der Waals surface area contributed by atoms with Crippen LogP contribution in [0, 0.1) is 11.8 Å². The van der Waals surface area contributed by atoms with Gasteiger partial charge in [0.05, 0.1) is 0 Å². The number of nitrogens with one attached hydrogen (secondary N) is 2. The highest BCUT2D eigenvalue weighted by atomic mass is 16.2. The number of hydrogen-bond acceptors (Lipinski definition) is 2. The van der Waals surface area contributed by atoms with Gasteiger partial charge in [-0.3, -0.25) is 4.79 Å². The second-order valence-electron chi connectivity index (χ2n) is 6.53. The van der Waals surface area contributed by atoms with E-state index >= 15 is 0 Å². The van der Waals surface area contributed by atoms with Crippen LogP contribution >= 0.6 is 0 Å². The van der Waals surface area contributed by atoms with Crippen LogP contribution in [0.3, 0.4) is 0 Å². The molecule has 1 amide bonds.